The van der Waals surface area contributed by atoms with Crippen LogP contribution in [0.4, 0.5) is 0 Å². The Hall–Kier alpha value is -2.93. The summed E-state index contributed by atoms with van der Waals surface area (Å²) in [5.41, 5.74) is 1.25. The van der Waals surface area contributed by atoms with E-state index in [1.165, 1.54) is 12.1 Å². The molecule has 2 aromatic heterocycles. The molecule has 0 amide bonds. The molecule has 0 aliphatic heterocycles. The topological polar surface area (TPSA) is 124 Å². The average molecular weight is 372 g/mol. The SMILES string of the molecule is C[C@H](O)c1nccn1Cc1cc(C#Cc2ccc(S(N)(=O)=O)cc2)on1. The first kappa shape index (κ1) is 17.9. The molecule has 0 radical (unpaired) electrons. The van der Waals surface area contributed by atoms with Crippen LogP contribution in [-0.2, 0) is 16.6 Å². The fraction of sp³-hybridized carbons (Fsp3) is 0.176. The zero-order chi connectivity index (χ0) is 18.7. The van der Waals surface area contributed by atoms with Crippen LogP contribution in [0.3, 0.4) is 0 Å². The molecule has 0 spiro atoms. The van der Waals surface area contributed by atoms with E-state index in [0.717, 1.165) is 0 Å². The number of aromatic nitrogens is 3. The van der Waals surface area contributed by atoms with E-state index in [4.69, 9.17) is 9.66 Å². The van der Waals surface area contributed by atoms with E-state index in [0.29, 0.717) is 29.4 Å². The van der Waals surface area contributed by atoms with Crippen molar-refractivity contribution < 1.29 is 18.0 Å². The summed E-state index contributed by atoms with van der Waals surface area (Å²) < 4.78 is 29.4. The van der Waals surface area contributed by atoms with Crippen molar-refractivity contribution >= 4 is 10.0 Å². The first-order valence-electron chi connectivity index (χ1n) is 7.62. The van der Waals surface area contributed by atoms with Crippen molar-refractivity contribution in [3.8, 4) is 11.8 Å². The molecule has 8 nitrogen and oxygen atoms in total. The third-order valence-electron chi connectivity index (χ3n) is 3.53. The second-order valence-corrected chi connectivity index (χ2v) is 7.15. The molecule has 26 heavy (non-hydrogen) atoms. The van der Waals surface area contributed by atoms with Gasteiger partial charge in [-0.2, -0.15) is 0 Å². The van der Waals surface area contributed by atoms with Crippen molar-refractivity contribution in [2.75, 3.05) is 0 Å². The highest BCUT2D eigenvalue weighted by molar-refractivity contribution is 7.89. The minimum atomic E-state index is -3.72. The van der Waals surface area contributed by atoms with Gasteiger partial charge in [0.1, 0.15) is 17.6 Å². The Morgan fingerprint density at radius 1 is 1.31 bits per heavy atom. The predicted octanol–water partition coefficient (Wildman–Crippen LogP) is 1.02. The number of nitrogens with zero attached hydrogens (tertiary/aromatic N) is 3. The Kier molecular flexibility index (Phi) is 4.90. The lowest BCUT2D eigenvalue weighted by Gasteiger charge is -2.07. The van der Waals surface area contributed by atoms with Crippen molar-refractivity contribution in [1.29, 1.82) is 0 Å². The van der Waals surface area contributed by atoms with Crippen LogP contribution in [0.25, 0.3) is 0 Å². The maximum absolute atomic E-state index is 11.2. The van der Waals surface area contributed by atoms with Gasteiger partial charge in [0.2, 0.25) is 15.8 Å². The lowest BCUT2D eigenvalue weighted by Crippen LogP contribution is -2.11. The van der Waals surface area contributed by atoms with Gasteiger partial charge in [-0.15, -0.1) is 0 Å². The number of hydrogen-bond acceptors (Lipinski definition) is 6. The number of rotatable bonds is 4. The summed E-state index contributed by atoms with van der Waals surface area (Å²) in [6.45, 7) is 2.04. The fourth-order valence-electron chi connectivity index (χ4n) is 2.30. The van der Waals surface area contributed by atoms with Crippen LogP contribution >= 0.6 is 0 Å². The van der Waals surface area contributed by atoms with E-state index >= 15 is 0 Å². The van der Waals surface area contributed by atoms with E-state index in [1.807, 2.05) is 0 Å². The number of sulfonamides is 1. The summed E-state index contributed by atoms with van der Waals surface area (Å²) in [4.78, 5) is 4.12. The van der Waals surface area contributed by atoms with Crippen molar-refractivity contribution in [1.82, 2.24) is 14.7 Å². The normalized spacial score (nSPS) is 12.4. The number of benzene rings is 1. The van der Waals surface area contributed by atoms with Gasteiger partial charge in [0.15, 0.2) is 0 Å². The highest BCUT2D eigenvalue weighted by Gasteiger charge is 2.11. The lowest BCUT2D eigenvalue weighted by atomic mass is 10.2. The molecule has 3 aromatic rings. The second-order valence-electron chi connectivity index (χ2n) is 5.59. The van der Waals surface area contributed by atoms with Gasteiger partial charge >= 0.3 is 0 Å². The van der Waals surface area contributed by atoms with Gasteiger partial charge in [-0.25, -0.2) is 18.5 Å². The molecule has 3 rings (SSSR count). The minimum Gasteiger partial charge on any atom is -0.385 e. The van der Waals surface area contributed by atoms with E-state index in [1.54, 1.807) is 42.1 Å². The maximum atomic E-state index is 11.2. The van der Waals surface area contributed by atoms with Gasteiger partial charge < -0.3 is 14.2 Å². The highest BCUT2D eigenvalue weighted by atomic mass is 32.2. The summed E-state index contributed by atoms with van der Waals surface area (Å²) in [7, 11) is -3.72. The predicted molar refractivity (Wildman–Crippen MR) is 92.3 cm³/mol. The van der Waals surface area contributed by atoms with Crippen LogP contribution in [0.1, 0.15) is 35.9 Å². The van der Waals surface area contributed by atoms with Gasteiger partial charge in [0.25, 0.3) is 0 Å². The number of nitrogens with two attached hydrogens (primary N) is 1. The van der Waals surface area contributed by atoms with Gasteiger partial charge in [-0.05, 0) is 37.1 Å². The molecule has 0 fully saturated rings. The standard InChI is InChI=1S/C17H16N4O4S/c1-12(22)17-19-8-9-21(17)11-14-10-15(25-20-14)5-2-13-3-6-16(7-4-13)26(18,23)24/h3-4,6-10,12,22H,11H2,1H3,(H2,18,23,24)/t12-/m0/s1. The van der Waals surface area contributed by atoms with Crippen molar-refractivity contribution in [2.24, 2.45) is 5.14 Å². The Balaban J connectivity index is 1.73. The third kappa shape index (κ3) is 4.18. The van der Waals surface area contributed by atoms with Gasteiger partial charge in [-0.1, -0.05) is 11.1 Å². The van der Waals surface area contributed by atoms with Crippen LogP contribution in [-0.4, -0.2) is 28.2 Å². The Bertz CT molecular complexity index is 1070. The molecule has 9 heteroatoms. The zero-order valence-electron chi connectivity index (χ0n) is 13.8. The molecule has 0 aliphatic carbocycles. The first-order valence-corrected chi connectivity index (χ1v) is 9.17. The van der Waals surface area contributed by atoms with Crippen molar-refractivity contribution in [2.45, 2.75) is 24.5 Å². The second kappa shape index (κ2) is 7.13. The number of imidazole rings is 1. The molecule has 134 valence electrons. The van der Waals surface area contributed by atoms with Crippen LogP contribution in [0.15, 0.2) is 52.1 Å². The average Bonchev–Trinajstić information content (AvgIpc) is 3.22. The Morgan fingerprint density at radius 3 is 2.69 bits per heavy atom. The summed E-state index contributed by atoms with van der Waals surface area (Å²) in [5.74, 6) is 6.59. The minimum absolute atomic E-state index is 0.0271. The molecule has 1 atom stereocenters. The van der Waals surface area contributed by atoms with Crippen LogP contribution < -0.4 is 5.14 Å². The Labute approximate surface area is 150 Å². The van der Waals surface area contributed by atoms with E-state index < -0.39 is 16.1 Å². The van der Waals surface area contributed by atoms with E-state index in [9.17, 15) is 13.5 Å². The maximum Gasteiger partial charge on any atom is 0.238 e. The van der Waals surface area contributed by atoms with E-state index in [-0.39, 0.29) is 4.90 Å². The van der Waals surface area contributed by atoms with Crippen molar-refractivity contribution in [3.05, 3.63) is 65.6 Å². The molecule has 0 unspecified atom stereocenters. The summed E-state index contributed by atoms with van der Waals surface area (Å²) in [6.07, 6.45) is 2.67. The number of aliphatic hydroxyl groups is 1. The molecule has 0 saturated carbocycles. The Morgan fingerprint density at radius 2 is 2.04 bits per heavy atom. The lowest BCUT2D eigenvalue weighted by molar-refractivity contribution is 0.184. The monoisotopic (exact) mass is 372 g/mol. The van der Waals surface area contributed by atoms with Crippen molar-refractivity contribution in [3.63, 3.8) is 0 Å². The molecular weight excluding hydrogens is 356 g/mol. The smallest absolute Gasteiger partial charge is 0.238 e. The van der Waals surface area contributed by atoms with Gasteiger partial charge in [-0.3, -0.25) is 0 Å². The molecule has 1 aromatic carbocycles. The zero-order valence-corrected chi connectivity index (χ0v) is 14.6. The number of hydrogen-bond donors (Lipinski definition) is 2. The fourth-order valence-corrected chi connectivity index (χ4v) is 2.82. The van der Waals surface area contributed by atoms with Crippen LogP contribution in [0, 0.1) is 11.8 Å². The first-order chi connectivity index (χ1) is 12.3. The number of aliphatic hydroxyl groups excluding tert-OH is 1. The van der Waals surface area contributed by atoms with Gasteiger partial charge in [0, 0.05) is 24.0 Å². The third-order valence-corrected chi connectivity index (χ3v) is 4.45. The highest BCUT2D eigenvalue weighted by Crippen LogP contribution is 2.13. The molecular formula is C17H16N4O4S. The number of primary sulfonamides is 1. The van der Waals surface area contributed by atoms with E-state index in [2.05, 4.69) is 22.0 Å². The largest absolute Gasteiger partial charge is 0.385 e. The quantitative estimate of drug-likeness (QED) is 0.659. The molecule has 0 bridgehead atoms. The summed E-state index contributed by atoms with van der Waals surface area (Å²) in [5, 5.41) is 18.7. The van der Waals surface area contributed by atoms with Crippen LogP contribution in [0.5, 0.6) is 0 Å². The molecule has 2 heterocycles. The molecule has 0 aliphatic rings. The summed E-state index contributed by atoms with van der Waals surface area (Å²) >= 11 is 0. The molecule has 0 saturated heterocycles. The summed E-state index contributed by atoms with van der Waals surface area (Å²) in [6, 6.07) is 7.59. The van der Waals surface area contributed by atoms with Crippen LogP contribution in [0.2, 0.25) is 0 Å². The van der Waals surface area contributed by atoms with Gasteiger partial charge in [0.05, 0.1) is 11.4 Å². The molecule has 3 N–H and O–H groups in total.